The Bertz CT molecular complexity index is 532. The number of hydrogen-bond donors (Lipinski definition) is 2. The number of hydrogen-bond acceptors (Lipinski definition) is 3. The molecule has 2 N–H and O–H groups in total. The monoisotopic (exact) mass is 374 g/mol. The van der Waals surface area contributed by atoms with Crippen LogP contribution in [0.5, 0.6) is 0 Å². The van der Waals surface area contributed by atoms with Gasteiger partial charge in [0, 0.05) is 32.7 Å². The molecule has 0 bridgehead atoms. The zero-order chi connectivity index (χ0) is 19.3. The number of nitrogens with one attached hydrogen (secondary N) is 2. The van der Waals surface area contributed by atoms with E-state index in [0.29, 0.717) is 19.1 Å². The van der Waals surface area contributed by atoms with Crippen LogP contribution in [-0.2, 0) is 11.3 Å². The third-order valence-electron chi connectivity index (χ3n) is 4.73. The Labute approximate surface area is 165 Å². The van der Waals surface area contributed by atoms with Gasteiger partial charge >= 0.3 is 0 Å². The van der Waals surface area contributed by atoms with Gasteiger partial charge in [0.2, 0.25) is 0 Å². The SMILES string of the molecule is CCNC(=NCC1CCCN(CC(C)C)C1)NCCOCc1ccccc1. The molecule has 1 heterocycles. The summed E-state index contributed by atoms with van der Waals surface area (Å²) in [7, 11) is 0. The first kappa shape index (κ1) is 21.7. The van der Waals surface area contributed by atoms with Crippen molar-refractivity contribution in [1.82, 2.24) is 15.5 Å². The first-order valence-corrected chi connectivity index (χ1v) is 10.5. The molecule has 0 spiro atoms. The summed E-state index contributed by atoms with van der Waals surface area (Å²) < 4.78 is 5.74. The van der Waals surface area contributed by atoms with Crippen LogP contribution in [0.15, 0.2) is 35.3 Å². The summed E-state index contributed by atoms with van der Waals surface area (Å²) in [5.41, 5.74) is 1.21. The molecule has 27 heavy (non-hydrogen) atoms. The zero-order valence-electron chi connectivity index (χ0n) is 17.4. The molecule has 1 saturated heterocycles. The molecule has 1 atom stereocenters. The van der Waals surface area contributed by atoms with E-state index in [1.807, 2.05) is 18.2 Å². The van der Waals surface area contributed by atoms with Gasteiger partial charge in [0.1, 0.15) is 0 Å². The lowest BCUT2D eigenvalue weighted by molar-refractivity contribution is 0.125. The van der Waals surface area contributed by atoms with Crippen molar-refractivity contribution in [2.45, 2.75) is 40.2 Å². The Morgan fingerprint density at radius 2 is 2.07 bits per heavy atom. The molecular weight excluding hydrogens is 336 g/mol. The van der Waals surface area contributed by atoms with Gasteiger partial charge in [-0.3, -0.25) is 4.99 Å². The largest absolute Gasteiger partial charge is 0.375 e. The lowest BCUT2D eigenvalue weighted by Gasteiger charge is -2.33. The van der Waals surface area contributed by atoms with Crippen molar-refractivity contribution in [1.29, 1.82) is 0 Å². The summed E-state index contributed by atoms with van der Waals surface area (Å²) in [6.45, 7) is 14.2. The number of ether oxygens (including phenoxy) is 1. The highest BCUT2D eigenvalue weighted by Gasteiger charge is 2.20. The molecule has 1 aromatic carbocycles. The molecule has 1 fully saturated rings. The molecule has 0 aromatic heterocycles. The van der Waals surface area contributed by atoms with Crippen LogP contribution >= 0.6 is 0 Å². The summed E-state index contributed by atoms with van der Waals surface area (Å²) in [6, 6.07) is 10.3. The van der Waals surface area contributed by atoms with E-state index in [2.05, 4.69) is 48.4 Å². The van der Waals surface area contributed by atoms with E-state index in [4.69, 9.17) is 9.73 Å². The number of aliphatic imine (C=N–C) groups is 1. The van der Waals surface area contributed by atoms with Crippen molar-refractivity contribution in [2.24, 2.45) is 16.8 Å². The molecule has 0 aliphatic carbocycles. The van der Waals surface area contributed by atoms with E-state index < -0.39 is 0 Å². The highest BCUT2D eigenvalue weighted by molar-refractivity contribution is 5.79. The molecular formula is C22H38N4O. The number of benzene rings is 1. The molecule has 5 nitrogen and oxygen atoms in total. The van der Waals surface area contributed by atoms with Gasteiger partial charge in [-0.25, -0.2) is 0 Å². The van der Waals surface area contributed by atoms with Crippen molar-refractivity contribution < 1.29 is 4.74 Å². The summed E-state index contributed by atoms with van der Waals surface area (Å²) in [6.07, 6.45) is 2.59. The van der Waals surface area contributed by atoms with Crippen LogP contribution in [0.3, 0.4) is 0 Å². The Hall–Kier alpha value is -1.59. The fraction of sp³-hybridized carbons (Fsp3) is 0.682. The second kappa shape index (κ2) is 12.7. The van der Waals surface area contributed by atoms with Crippen LogP contribution in [0.25, 0.3) is 0 Å². The first-order chi connectivity index (χ1) is 13.2. The fourth-order valence-corrected chi connectivity index (χ4v) is 3.55. The normalized spacial score (nSPS) is 18.7. The maximum atomic E-state index is 5.74. The average Bonchev–Trinajstić information content (AvgIpc) is 2.66. The highest BCUT2D eigenvalue weighted by atomic mass is 16.5. The van der Waals surface area contributed by atoms with Crippen molar-refractivity contribution in [2.75, 3.05) is 45.9 Å². The van der Waals surface area contributed by atoms with E-state index in [9.17, 15) is 0 Å². The molecule has 1 aromatic rings. The summed E-state index contributed by atoms with van der Waals surface area (Å²) in [5.74, 6) is 2.31. The summed E-state index contributed by atoms with van der Waals surface area (Å²) >= 11 is 0. The van der Waals surface area contributed by atoms with Gasteiger partial charge in [0.25, 0.3) is 0 Å². The lowest BCUT2D eigenvalue weighted by Crippen LogP contribution is -2.41. The predicted molar refractivity (Wildman–Crippen MR) is 114 cm³/mol. The van der Waals surface area contributed by atoms with Crippen molar-refractivity contribution in [3.63, 3.8) is 0 Å². The van der Waals surface area contributed by atoms with Gasteiger partial charge in [-0.2, -0.15) is 0 Å². The highest BCUT2D eigenvalue weighted by Crippen LogP contribution is 2.17. The second-order valence-corrected chi connectivity index (χ2v) is 7.85. The van der Waals surface area contributed by atoms with Crippen molar-refractivity contribution in [3.05, 3.63) is 35.9 Å². The number of piperidine rings is 1. The van der Waals surface area contributed by atoms with Gasteiger partial charge in [0.15, 0.2) is 5.96 Å². The number of nitrogens with zero attached hydrogens (tertiary/aromatic N) is 2. The minimum atomic E-state index is 0.657. The Balaban J connectivity index is 1.68. The van der Waals surface area contributed by atoms with E-state index in [-0.39, 0.29) is 0 Å². The van der Waals surface area contributed by atoms with Crippen LogP contribution < -0.4 is 10.6 Å². The molecule has 152 valence electrons. The van der Waals surface area contributed by atoms with Crippen LogP contribution in [-0.4, -0.2) is 56.7 Å². The number of guanidine groups is 1. The molecule has 0 saturated carbocycles. The van der Waals surface area contributed by atoms with E-state index in [0.717, 1.165) is 31.5 Å². The minimum Gasteiger partial charge on any atom is -0.375 e. The van der Waals surface area contributed by atoms with Gasteiger partial charge < -0.3 is 20.3 Å². The van der Waals surface area contributed by atoms with Gasteiger partial charge in [-0.15, -0.1) is 0 Å². The van der Waals surface area contributed by atoms with Gasteiger partial charge in [-0.1, -0.05) is 44.2 Å². The van der Waals surface area contributed by atoms with Gasteiger partial charge in [-0.05, 0) is 43.7 Å². The lowest BCUT2D eigenvalue weighted by atomic mass is 9.97. The molecule has 1 unspecified atom stereocenters. The van der Waals surface area contributed by atoms with Crippen LogP contribution in [0.1, 0.15) is 39.2 Å². The second-order valence-electron chi connectivity index (χ2n) is 7.85. The maximum absolute atomic E-state index is 5.74. The van der Waals surface area contributed by atoms with Crippen molar-refractivity contribution >= 4 is 5.96 Å². The number of likely N-dealkylation sites (tertiary alicyclic amines) is 1. The minimum absolute atomic E-state index is 0.657. The standard InChI is InChI=1S/C22H38N4O/c1-4-23-22(24-12-14-27-18-20-9-6-5-7-10-20)25-15-21-11-8-13-26(17-21)16-19(2)3/h5-7,9-10,19,21H,4,8,11-18H2,1-3H3,(H2,23,24,25). The van der Waals surface area contributed by atoms with E-state index >= 15 is 0 Å². The summed E-state index contributed by atoms with van der Waals surface area (Å²) in [4.78, 5) is 7.42. The number of rotatable bonds is 10. The first-order valence-electron chi connectivity index (χ1n) is 10.5. The molecule has 1 aliphatic heterocycles. The fourth-order valence-electron chi connectivity index (χ4n) is 3.55. The Morgan fingerprint density at radius 1 is 1.26 bits per heavy atom. The van der Waals surface area contributed by atoms with Crippen molar-refractivity contribution in [3.8, 4) is 0 Å². The summed E-state index contributed by atoms with van der Waals surface area (Å²) in [5, 5.41) is 6.73. The Morgan fingerprint density at radius 3 is 2.81 bits per heavy atom. The smallest absolute Gasteiger partial charge is 0.191 e. The topological polar surface area (TPSA) is 48.9 Å². The predicted octanol–water partition coefficient (Wildman–Crippen LogP) is 3.13. The zero-order valence-corrected chi connectivity index (χ0v) is 17.4. The third kappa shape index (κ3) is 9.25. The van der Waals surface area contributed by atoms with E-state index in [1.54, 1.807) is 0 Å². The van der Waals surface area contributed by atoms with Crippen LogP contribution in [0.4, 0.5) is 0 Å². The molecule has 1 aliphatic rings. The Kier molecular flexibility index (Phi) is 10.2. The molecule has 5 heteroatoms. The van der Waals surface area contributed by atoms with Crippen LogP contribution in [0.2, 0.25) is 0 Å². The molecule has 2 rings (SSSR count). The van der Waals surface area contributed by atoms with E-state index in [1.165, 1.54) is 38.0 Å². The van der Waals surface area contributed by atoms with Gasteiger partial charge in [0.05, 0.1) is 13.2 Å². The average molecular weight is 375 g/mol. The molecule has 0 radical (unpaired) electrons. The maximum Gasteiger partial charge on any atom is 0.191 e. The van der Waals surface area contributed by atoms with Crippen LogP contribution in [0, 0.1) is 11.8 Å². The quantitative estimate of drug-likeness (QED) is 0.375. The third-order valence-corrected chi connectivity index (χ3v) is 4.73. The molecule has 0 amide bonds.